The second-order valence-corrected chi connectivity index (χ2v) is 4.65. The highest BCUT2D eigenvalue weighted by molar-refractivity contribution is 5.86. The van der Waals surface area contributed by atoms with Crippen molar-refractivity contribution < 1.29 is 9.90 Å². The van der Waals surface area contributed by atoms with Crippen molar-refractivity contribution in [2.75, 3.05) is 0 Å². The van der Waals surface area contributed by atoms with Crippen molar-refractivity contribution >= 4 is 12.0 Å². The van der Waals surface area contributed by atoms with Crippen molar-refractivity contribution in [1.29, 1.82) is 0 Å². The van der Waals surface area contributed by atoms with Crippen LogP contribution in [0.3, 0.4) is 0 Å². The maximum atomic E-state index is 10.7. The van der Waals surface area contributed by atoms with Crippen LogP contribution in [0.25, 0.3) is 11.8 Å². The number of hydrogen-bond donors (Lipinski definition) is 1. The van der Waals surface area contributed by atoms with Gasteiger partial charge in [-0.1, -0.05) is 25.1 Å². The van der Waals surface area contributed by atoms with Gasteiger partial charge in [-0.2, -0.15) is 5.10 Å². The SMILES string of the molecule is CCc1c(C)nn(-c2ccccc2C=CC(=O)O)c1C. The summed E-state index contributed by atoms with van der Waals surface area (Å²) in [5, 5.41) is 13.3. The van der Waals surface area contributed by atoms with Crippen LogP contribution >= 0.6 is 0 Å². The van der Waals surface area contributed by atoms with E-state index in [0.29, 0.717) is 0 Å². The van der Waals surface area contributed by atoms with Gasteiger partial charge in [-0.05, 0) is 38.0 Å². The molecule has 2 rings (SSSR count). The Bertz CT molecular complexity index is 669. The molecule has 20 heavy (non-hydrogen) atoms. The summed E-state index contributed by atoms with van der Waals surface area (Å²) < 4.78 is 1.88. The number of hydrogen-bond acceptors (Lipinski definition) is 2. The van der Waals surface area contributed by atoms with E-state index in [2.05, 4.69) is 12.0 Å². The molecule has 0 unspecified atom stereocenters. The normalized spacial score (nSPS) is 11.2. The molecule has 0 aliphatic rings. The molecule has 1 heterocycles. The second kappa shape index (κ2) is 5.74. The van der Waals surface area contributed by atoms with Crippen molar-refractivity contribution in [2.24, 2.45) is 0 Å². The Morgan fingerprint density at radius 2 is 2.05 bits per heavy atom. The highest BCUT2D eigenvalue weighted by Gasteiger charge is 2.12. The van der Waals surface area contributed by atoms with Crippen molar-refractivity contribution in [3.05, 3.63) is 52.9 Å². The van der Waals surface area contributed by atoms with Crippen LogP contribution in [0.1, 0.15) is 29.4 Å². The van der Waals surface area contributed by atoms with Crippen molar-refractivity contribution in [3.63, 3.8) is 0 Å². The summed E-state index contributed by atoms with van der Waals surface area (Å²) in [6.45, 7) is 6.14. The van der Waals surface area contributed by atoms with Gasteiger partial charge in [0.05, 0.1) is 11.4 Å². The predicted octanol–water partition coefficient (Wildman–Crippen LogP) is 3.15. The molecule has 1 aromatic carbocycles. The minimum Gasteiger partial charge on any atom is -0.478 e. The second-order valence-electron chi connectivity index (χ2n) is 4.65. The van der Waals surface area contributed by atoms with E-state index in [9.17, 15) is 4.79 Å². The third-order valence-corrected chi connectivity index (χ3v) is 3.37. The largest absolute Gasteiger partial charge is 0.478 e. The molecule has 4 heteroatoms. The van der Waals surface area contributed by atoms with Crippen molar-refractivity contribution in [2.45, 2.75) is 27.2 Å². The summed E-state index contributed by atoms with van der Waals surface area (Å²) in [6, 6.07) is 7.64. The molecule has 0 aliphatic carbocycles. The zero-order chi connectivity index (χ0) is 14.7. The molecular weight excluding hydrogens is 252 g/mol. The molecule has 0 saturated heterocycles. The number of nitrogens with zero attached hydrogens (tertiary/aromatic N) is 2. The van der Waals surface area contributed by atoms with Gasteiger partial charge in [0.25, 0.3) is 0 Å². The van der Waals surface area contributed by atoms with Crippen LogP contribution < -0.4 is 0 Å². The fourth-order valence-corrected chi connectivity index (χ4v) is 2.40. The molecule has 0 radical (unpaired) electrons. The van der Waals surface area contributed by atoms with Crippen LogP contribution in [-0.2, 0) is 11.2 Å². The predicted molar refractivity (Wildman–Crippen MR) is 79.1 cm³/mol. The topological polar surface area (TPSA) is 55.1 Å². The van der Waals surface area contributed by atoms with Crippen molar-refractivity contribution in [3.8, 4) is 5.69 Å². The number of rotatable bonds is 4. The summed E-state index contributed by atoms with van der Waals surface area (Å²) in [7, 11) is 0. The van der Waals surface area contributed by atoms with Crippen LogP contribution in [-0.4, -0.2) is 20.9 Å². The number of para-hydroxylation sites is 1. The third kappa shape index (κ3) is 2.64. The van der Waals surface area contributed by atoms with E-state index < -0.39 is 5.97 Å². The van der Waals surface area contributed by atoms with E-state index in [1.165, 1.54) is 5.56 Å². The van der Waals surface area contributed by atoms with Gasteiger partial charge in [0, 0.05) is 17.3 Å². The maximum absolute atomic E-state index is 10.7. The van der Waals surface area contributed by atoms with Gasteiger partial charge in [0.15, 0.2) is 0 Å². The number of carbonyl (C=O) groups is 1. The van der Waals surface area contributed by atoms with Crippen LogP contribution in [0.5, 0.6) is 0 Å². The summed E-state index contributed by atoms with van der Waals surface area (Å²) >= 11 is 0. The fraction of sp³-hybridized carbons (Fsp3) is 0.250. The van der Waals surface area contributed by atoms with Gasteiger partial charge >= 0.3 is 5.97 Å². The van der Waals surface area contributed by atoms with Gasteiger partial charge in [0.1, 0.15) is 0 Å². The minimum absolute atomic E-state index is 0.836. The summed E-state index contributed by atoms with van der Waals surface area (Å²) in [4.78, 5) is 10.7. The first-order valence-electron chi connectivity index (χ1n) is 6.60. The minimum atomic E-state index is -0.956. The molecule has 0 spiro atoms. The van der Waals surface area contributed by atoms with Crippen LogP contribution in [0.4, 0.5) is 0 Å². The maximum Gasteiger partial charge on any atom is 0.328 e. The summed E-state index contributed by atoms with van der Waals surface area (Å²) in [5.74, 6) is -0.956. The van der Waals surface area contributed by atoms with Gasteiger partial charge in [-0.15, -0.1) is 0 Å². The number of benzene rings is 1. The lowest BCUT2D eigenvalue weighted by Crippen LogP contribution is -2.02. The Balaban J connectivity index is 2.56. The van der Waals surface area contributed by atoms with Crippen LogP contribution in [0.2, 0.25) is 0 Å². The van der Waals surface area contributed by atoms with E-state index in [-0.39, 0.29) is 0 Å². The lowest BCUT2D eigenvalue weighted by molar-refractivity contribution is -0.131. The van der Waals surface area contributed by atoms with Crippen LogP contribution in [0.15, 0.2) is 30.3 Å². The Morgan fingerprint density at radius 1 is 1.35 bits per heavy atom. The standard InChI is InChI=1S/C16H18N2O2/c1-4-14-11(2)17-18(12(14)3)15-8-6-5-7-13(15)9-10-16(19)20/h5-10H,4H2,1-3H3,(H,19,20). The Kier molecular flexibility index (Phi) is 4.03. The number of carboxylic acid groups (broad SMARTS) is 1. The number of aromatic nitrogens is 2. The Hall–Kier alpha value is -2.36. The molecule has 0 fully saturated rings. The quantitative estimate of drug-likeness (QED) is 0.868. The summed E-state index contributed by atoms with van der Waals surface area (Å²) in [6.07, 6.45) is 3.68. The molecule has 1 aromatic heterocycles. The molecule has 0 saturated carbocycles. The first kappa shape index (κ1) is 14.1. The van der Waals surface area contributed by atoms with E-state index in [0.717, 1.165) is 35.1 Å². The number of aryl methyl sites for hydroxylation is 1. The van der Waals surface area contributed by atoms with Crippen LogP contribution in [0, 0.1) is 13.8 Å². The summed E-state index contributed by atoms with van der Waals surface area (Å²) in [5.41, 5.74) is 5.08. The first-order chi connectivity index (χ1) is 9.54. The van der Waals surface area contributed by atoms with E-state index in [4.69, 9.17) is 5.11 Å². The van der Waals surface area contributed by atoms with Gasteiger partial charge in [-0.3, -0.25) is 0 Å². The highest BCUT2D eigenvalue weighted by atomic mass is 16.4. The Labute approximate surface area is 118 Å². The lowest BCUT2D eigenvalue weighted by Gasteiger charge is -2.08. The average Bonchev–Trinajstić information content (AvgIpc) is 2.71. The fourth-order valence-electron chi connectivity index (χ4n) is 2.40. The monoisotopic (exact) mass is 270 g/mol. The van der Waals surface area contributed by atoms with E-state index in [1.807, 2.05) is 42.8 Å². The number of aliphatic carboxylic acids is 1. The van der Waals surface area contributed by atoms with E-state index >= 15 is 0 Å². The molecular formula is C16H18N2O2. The van der Waals surface area contributed by atoms with Gasteiger partial charge in [0.2, 0.25) is 0 Å². The molecule has 0 amide bonds. The molecule has 0 atom stereocenters. The smallest absolute Gasteiger partial charge is 0.328 e. The third-order valence-electron chi connectivity index (χ3n) is 3.37. The molecule has 0 bridgehead atoms. The first-order valence-corrected chi connectivity index (χ1v) is 6.60. The molecule has 4 nitrogen and oxygen atoms in total. The van der Waals surface area contributed by atoms with Gasteiger partial charge in [-0.25, -0.2) is 9.48 Å². The Morgan fingerprint density at radius 3 is 2.65 bits per heavy atom. The zero-order valence-electron chi connectivity index (χ0n) is 11.9. The molecule has 104 valence electrons. The molecule has 0 aliphatic heterocycles. The highest BCUT2D eigenvalue weighted by Crippen LogP contribution is 2.21. The molecule has 1 N–H and O–H groups in total. The lowest BCUT2D eigenvalue weighted by atomic mass is 10.1. The molecule has 2 aromatic rings. The zero-order valence-corrected chi connectivity index (χ0v) is 11.9. The van der Waals surface area contributed by atoms with Crippen molar-refractivity contribution in [1.82, 2.24) is 9.78 Å². The van der Waals surface area contributed by atoms with Gasteiger partial charge < -0.3 is 5.11 Å². The van der Waals surface area contributed by atoms with E-state index in [1.54, 1.807) is 6.08 Å². The number of carboxylic acids is 1. The average molecular weight is 270 g/mol.